The van der Waals surface area contributed by atoms with Crippen molar-refractivity contribution in [3.05, 3.63) is 26.9 Å². The Balaban J connectivity index is 3.05. The molecule has 0 saturated carbocycles. The van der Waals surface area contributed by atoms with Crippen molar-refractivity contribution >= 4 is 44.7 Å². The lowest BCUT2D eigenvalue weighted by Gasteiger charge is -2.12. The van der Waals surface area contributed by atoms with Crippen LogP contribution in [0.5, 0.6) is 0 Å². The molecule has 1 unspecified atom stereocenters. The van der Waals surface area contributed by atoms with Crippen molar-refractivity contribution in [2.45, 2.75) is 32.4 Å². The summed E-state index contributed by atoms with van der Waals surface area (Å²) >= 11 is 9.39. The van der Waals surface area contributed by atoms with Gasteiger partial charge in [0.2, 0.25) is 0 Å². The molecule has 1 aromatic heterocycles. The fourth-order valence-corrected chi connectivity index (χ4v) is 2.52. The smallest absolute Gasteiger partial charge is 0.144 e. The number of hydrogen-bond acceptors (Lipinski definition) is 2. The van der Waals surface area contributed by atoms with E-state index in [4.69, 9.17) is 11.6 Å². The van der Waals surface area contributed by atoms with Crippen LogP contribution in [0.25, 0.3) is 0 Å². The van der Waals surface area contributed by atoms with Crippen molar-refractivity contribution in [3.8, 4) is 0 Å². The van der Waals surface area contributed by atoms with E-state index in [1.54, 1.807) is 0 Å². The van der Waals surface area contributed by atoms with E-state index < -0.39 is 11.0 Å². The summed E-state index contributed by atoms with van der Waals surface area (Å²) in [4.78, 5) is 4.12. The molecule has 0 spiro atoms. The summed E-state index contributed by atoms with van der Waals surface area (Å²) in [6, 6.07) is 1.84. The Morgan fingerprint density at radius 3 is 2.59 bits per heavy atom. The summed E-state index contributed by atoms with van der Waals surface area (Å²) in [5.74, 6) is 0. The van der Waals surface area contributed by atoms with Gasteiger partial charge >= 0.3 is 0 Å². The first-order valence-corrected chi connectivity index (χ1v) is 7.28. The number of halogens is 2. The molecule has 0 radical (unpaired) electrons. The molecule has 94 valence electrons. The van der Waals surface area contributed by atoms with Crippen LogP contribution in [0.3, 0.4) is 0 Å². The Labute approximate surface area is 117 Å². The molecule has 0 fully saturated rings. The van der Waals surface area contributed by atoms with Gasteiger partial charge in [-0.15, -0.1) is 0 Å². The molecule has 1 heterocycles. The van der Waals surface area contributed by atoms with Crippen molar-refractivity contribution < 1.29 is 4.21 Å². The zero-order chi connectivity index (χ0) is 13.2. The number of hydrogen-bond donors (Lipinski definition) is 0. The minimum Gasteiger partial charge on any atom is -0.241 e. The summed E-state index contributed by atoms with van der Waals surface area (Å²) in [6.45, 7) is 7.45. The van der Waals surface area contributed by atoms with Gasteiger partial charge in [0.1, 0.15) is 16.1 Å². The lowest BCUT2D eigenvalue weighted by molar-refractivity contribution is 0.651. The van der Waals surface area contributed by atoms with Crippen LogP contribution in [0.1, 0.15) is 32.0 Å². The zero-order valence-corrected chi connectivity index (χ0v) is 13.3. The SMILES string of the molecule is Cc1cc(Br)c(/C=N/S(=O)C(C)(C)C)c(Cl)n1. The average Bonchev–Trinajstić information content (AvgIpc) is 2.13. The number of aryl methyl sites for hydroxylation is 1. The number of pyridine rings is 1. The number of aromatic nitrogens is 1. The Morgan fingerprint density at radius 2 is 2.12 bits per heavy atom. The van der Waals surface area contributed by atoms with E-state index in [1.807, 2.05) is 33.8 Å². The summed E-state index contributed by atoms with van der Waals surface area (Å²) in [5.41, 5.74) is 1.46. The van der Waals surface area contributed by atoms with Crippen LogP contribution in [0.4, 0.5) is 0 Å². The van der Waals surface area contributed by atoms with E-state index in [0.717, 1.165) is 10.2 Å². The van der Waals surface area contributed by atoms with Crippen LogP contribution in [-0.2, 0) is 11.0 Å². The minimum atomic E-state index is -1.30. The van der Waals surface area contributed by atoms with Crippen molar-refractivity contribution in [3.63, 3.8) is 0 Å². The molecule has 0 aliphatic carbocycles. The molecule has 1 aromatic rings. The van der Waals surface area contributed by atoms with E-state index in [2.05, 4.69) is 25.3 Å². The molecule has 6 heteroatoms. The van der Waals surface area contributed by atoms with Crippen molar-refractivity contribution in [2.24, 2.45) is 4.40 Å². The summed E-state index contributed by atoms with van der Waals surface area (Å²) in [7, 11) is -1.30. The third-order valence-electron chi connectivity index (χ3n) is 1.89. The summed E-state index contributed by atoms with van der Waals surface area (Å²) in [6.07, 6.45) is 1.50. The zero-order valence-electron chi connectivity index (χ0n) is 10.1. The Bertz CT molecular complexity index is 460. The maximum atomic E-state index is 11.8. The lowest BCUT2D eigenvalue weighted by Crippen LogP contribution is -2.19. The summed E-state index contributed by atoms with van der Waals surface area (Å²) in [5, 5.41) is 0.353. The van der Waals surface area contributed by atoms with Crippen LogP contribution < -0.4 is 0 Å². The maximum Gasteiger partial charge on any atom is 0.144 e. The maximum absolute atomic E-state index is 11.8. The molecule has 0 aromatic carbocycles. The minimum absolute atomic E-state index is 0.353. The molecular formula is C11H14BrClN2OS. The highest BCUT2D eigenvalue weighted by atomic mass is 79.9. The molecular weight excluding hydrogens is 324 g/mol. The van der Waals surface area contributed by atoms with Gasteiger partial charge in [-0.1, -0.05) is 11.6 Å². The van der Waals surface area contributed by atoms with Gasteiger partial charge in [-0.2, -0.15) is 4.40 Å². The first kappa shape index (κ1) is 14.8. The van der Waals surface area contributed by atoms with Gasteiger partial charge in [0.25, 0.3) is 0 Å². The highest BCUT2D eigenvalue weighted by Gasteiger charge is 2.18. The van der Waals surface area contributed by atoms with Gasteiger partial charge in [-0.25, -0.2) is 9.19 Å². The van der Waals surface area contributed by atoms with Crippen LogP contribution >= 0.6 is 27.5 Å². The van der Waals surface area contributed by atoms with Crippen LogP contribution in [0, 0.1) is 6.92 Å². The highest BCUT2D eigenvalue weighted by Crippen LogP contribution is 2.23. The Morgan fingerprint density at radius 1 is 1.53 bits per heavy atom. The molecule has 17 heavy (non-hydrogen) atoms. The molecule has 0 bridgehead atoms. The van der Waals surface area contributed by atoms with Gasteiger partial charge < -0.3 is 0 Å². The molecule has 0 amide bonds. The molecule has 1 atom stereocenters. The van der Waals surface area contributed by atoms with Crippen LogP contribution in [0.2, 0.25) is 5.15 Å². The van der Waals surface area contributed by atoms with Crippen LogP contribution in [0.15, 0.2) is 14.9 Å². The predicted octanol–water partition coefficient (Wildman–Crippen LogP) is 3.69. The van der Waals surface area contributed by atoms with Crippen LogP contribution in [-0.4, -0.2) is 20.2 Å². The van der Waals surface area contributed by atoms with E-state index in [-0.39, 0.29) is 4.75 Å². The predicted molar refractivity (Wildman–Crippen MR) is 77.2 cm³/mol. The van der Waals surface area contributed by atoms with Gasteiger partial charge in [-0.3, -0.25) is 0 Å². The first-order chi connectivity index (χ1) is 7.71. The number of rotatable bonds is 2. The molecule has 3 nitrogen and oxygen atoms in total. The largest absolute Gasteiger partial charge is 0.241 e. The van der Waals surface area contributed by atoms with E-state index >= 15 is 0 Å². The molecule has 0 saturated heterocycles. The topological polar surface area (TPSA) is 42.3 Å². The van der Waals surface area contributed by atoms with E-state index in [1.165, 1.54) is 6.21 Å². The second kappa shape index (κ2) is 5.59. The van der Waals surface area contributed by atoms with E-state index in [0.29, 0.717) is 10.7 Å². The normalized spacial score (nSPS) is 14.2. The summed E-state index contributed by atoms with van der Waals surface area (Å²) < 4.78 is 16.2. The van der Waals surface area contributed by atoms with Gasteiger partial charge in [-0.05, 0) is 49.7 Å². The third-order valence-corrected chi connectivity index (χ3v) is 4.18. The van der Waals surface area contributed by atoms with Crippen molar-refractivity contribution in [1.29, 1.82) is 0 Å². The average molecular weight is 338 g/mol. The fraction of sp³-hybridized carbons (Fsp3) is 0.455. The quantitative estimate of drug-likeness (QED) is 0.610. The van der Waals surface area contributed by atoms with Gasteiger partial charge in [0.05, 0.1) is 4.75 Å². The standard InChI is InChI=1S/C11H14BrClN2OS/c1-7-5-9(12)8(10(13)15-7)6-14-17(16)11(2,3)4/h5-6H,1-4H3/b14-6+. The van der Waals surface area contributed by atoms with E-state index in [9.17, 15) is 4.21 Å². The molecule has 0 N–H and O–H groups in total. The fourth-order valence-electron chi connectivity index (χ4n) is 0.981. The Kier molecular flexibility index (Phi) is 4.86. The van der Waals surface area contributed by atoms with Crippen molar-refractivity contribution in [1.82, 2.24) is 4.98 Å². The second-order valence-corrected chi connectivity index (χ2v) is 7.69. The molecule has 0 aliphatic rings. The third kappa shape index (κ3) is 4.16. The highest BCUT2D eigenvalue weighted by molar-refractivity contribution is 9.10. The molecule has 1 rings (SSSR count). The van der Waals surface area contributed by atoms with Gasteiger partial charge in [0.15, 0.2) is 0 Å². The first-order valence-electron chi connectivity index (χ1n) is 5.00. The second-order valence-electron chi connectivity index (χ2n) is 4.55. The Hall–Kier alpha value is -0.260. The lowest BCUT2D eigenvalue weighted by atomic mass is 10.3. The molecule has 0 aliphatic heterocycles. The monoisotopic (exact) mass is 336 g/mol. The van der Waals surface area contributed by atoms with Crippen molar-refractivity contribution in [2.75, 3.05) is 0 Å². The number of nitrogens with zero attached hydrogens (tertiary/aromatic N) is 2. The van der Waals surface area contributed by atoms with Gasteiger partial charge in [0, 0.05) is 21.9 Å².